The molecule has 0 bridgehead atoms. The molecule has 4 aromatic rings. The number of pyridine rings is 1. The zero-order chi connectivity index (χ0) is 21.0. The van der Waals surface area contributed by atoms with Gasteiger partial charge in [-0.25, -0.2) is 4.98 Å². The van der Waals surface area contributed by atoms with Gasteiger partial charge < -0.3 is 9.64 Å². The highest BCUT2D eigenvalue weighted by Crippen LogP contribution is 2.25. The lowest BCUT2D eigenvalue weighted by atomic mass is 10.2. The minimum absolute atomic E-state index is 0.554. The maximum atomic E-state index is 5.48. The van der Waals surface area contributed by atoms with Crippen molar-refractivity contribution in [1.82, 2.24) is 24.5 Å². The third-order valence-corrected chi connectivity index (χ3v) is 5.03. The first-order valence-electron chi connectivity index (χ1n) is 10.1. The quantitative estimate of drug-likeness (QED) is 0.396. The highest BCUT2D eigenvalue weighted by molar-refractivity contribution is 5.87. The fourth-order valence-electron chi connectivity index (χ4n) is 3.47. The Bertz CT molecular complexity index is 1210. The average Bonchev–Trinajstić information content (AvgIpc) is 3.24. The number of nitrogens with one attached hydrogen (secondary N) is 1. The molecule has 0 atom stereocenters. The Morgan fingerprint density at radius 3 is 2.84 bits per heavy atom. The lowest BCUT2D eigenvalue weighted by Gasteiger charge is -2.27. The van der Waals surface area contributed by atoms with Crippen LogP contribution in [-0.4, -0.2) is 57.0 Å². The molecule has 31 heavy (non-hydrogen) atoms. The second-order valence-corrected chi connectivity index (χ2v) is 7.25. The first kappa shape index (κ1) is 19.1. The van der Waals surface area contributed by atoms with Crippen molar-refractivity contribution in [2.45, 2.75) is 6.92 Å². The molecule has 1 saturated heterocycles. The molecule has 0 spiro atoms. The third-order valence-electron chi connectivity index (χ3n) is 5.03. The Balaban J connectivity index is 1.54. The van der Waals surface area contributed by atoms with Crippen molar-refractivity contribution in [3.05, 3.63) is 66.2 Å². The maximum Gasteiger partial charge on any atom is 0.229 e. The Kier molecular flexibility index (Phi) is 5.24. The summed E-state index contributed by atoms with van der Waals surface area (Å²) in [4.78, 5) is 20.4. The van der Waals surface area contributed by atoms with Crippen molar-refractivity contribution in [3.8, 4) is 5.69 Å². The summed E-state index contributed by atoms with van der Waals surface area (Å²) in [5.41, 5.74) is 7.47. The number of ether oxygens (including phenoxy) is 1. The second kappa shape index (κ2) is 8.49. The van der Waals surface area contributed by atoms with E-state index in [0.717, 1.165) is 24.3 Å². The summed E-state index contributed by atoms with van der Waals surface area (Å²) in [7, 11) is 0. The number of hydrazone groups is 1. The van der Waals surface area contributed by atoms with Gasteiger partial charge in [-0.1, -0.05) is 29.8 Å². The SMILES string of the molecule is Cc1cccc(/C=N/Nc2nc(N3CCOCC3)nc3c2ncn3-c2cccnc2)c1. The molecule has 0 radical (unpaired) electrons. The largest absolute Gasteiger partial charge is 0.378 e. The number of hydrogen-bond acceptors (Lipinski definition) is 8. The van der Waals surface area contributed by atoms with E-state index in [9.17, 15) is 0 Å². The van der Waals surface area contributed by atoms with Crippen LogP contribution in [0, 0.1) is 6.92 Å². The summed E-state index contributed by atoms with van der Waals surface area (Å²) >= 11 is 0. The van der Waals surface area contributed by atoms with E-state index in [1.165, 1.54) is 5.56 Å². The zero-order valence-electron chi connectivity index (χ0n) is 17.1. The molecule has 1 aromatic carbocycles. The molecular weight excluding hydrogens is 392 g/mol. The number of aryl methyl sites for hydroxylation is 1. The van der Waals surface area contributed by atoms with Crippen LogP contribution in [0.1, 0.15) is 11.1 Å². The molecule has 0 aliphatic carbocycles. The van der Waals surface area contributed by atoms with E-state index >= 15 is 0 Å². The summed E-state index contributed by atoms with van der Waals surface area (Å²) in [5, 5.41) is 4.40. The Morgan fingerprint density at radius 2 is 2.03 bits per heavy atom. The van der Waals surface area contributed by atoms with Crippen LogP contribution in [-0.2, 0) is 4.74 Å². The number of nitrogens with zero attached hydrogens (tertiary/aromatic N) is 7. The van der Waals surface area contributed by atoms with Gasteiger partial charge in [0.2, 0.25) is 5.95 Å². The van der Waals surface area contributed by atoms with Crippen molar-refractivity contribution in [1.29, 1.82) is 0 Å². The van der Waals surface area contributed by atoms with Crippen LogP contribution in [0.3, 0.4) is 0 Å². The number of fused-ring (bicyclic) bond motifs is 1. The van der Waals surface area contributed by atoms with E-state index in [1.54, 1.807) is 24.9 Å². The fourth-order valence-corrected chi connectivity index (χ4v) is 3.47. The topological polar surface area (TPSA) is 93.4 Å². The van der Waals surface area contributed by atoms with Gasteiger partial charge in [0.25, 0.3) is 0 Å². The lowest BCUT2D eigenvalue weighted by Crippen LogP contribution is -2.37. The van der Waals surface area contributed by atoms with Gasteiger partial charge in [0.15, 0.2) is 17.0 Å². The van der Waals surface area contributed by atoms with Crippen LogP contribution in [0.5, 0.6) is 0 Å². The monoisotopic (exact) mass is 414 g/mol. The second-order valence-electron chi connectivity index (χ2n) is 7.25. The van der Waals surface area contributed by atoms with Crippen LogP contribution >= 0.6 is 0 Å². The highest BCUT2D eigenvalue weighted by Gasteiger charge is 2.19. The van der Waals surface area contributed by atoms with Gasteiger partial charge in [-0.2, -0.15) is 15.1 Å². The van der Waals surface area contributed by atoms with E-state index in [4.69, 9.17) is 14.7 Å². The molecule has 0 unspecified atom stereocenters. The highest BCUT2D eigenvalue weighted by atomic mass is 16.5. The minimum atomic E-state index is 0.554. The van der Waals surface area contributed by atoms with Crippen molar-refractivity contribution in [3.63, 3.8) is 0 Å². The van der Waals surface area contributed by atoms with Crippen LogP contribution in [0.2, 0.25) is 0 Å². The van der Waals surface area contributed by atoms with Gasteiger partial charge in [0.1, 0.15) is 6.33 Å². The lowest BCUT2D eigenvalue weighted by molar-refractivity contribution is 0.122. The number of imidazole rings is 1. The molecule has 0 amide bonds. The maximum absolute atomic E-state index is 5.48. The van der Waals surface area contributed by atoms with Crippen molar-refractivity contribution in [2.24, 2.45) is 5.10 Å². The first-order chi connectivity index (χ1) is 15.3. The van der Waals surface area contributed by atoms with Gasteiger partial charge in [0.05, 0.1) is 31.3 Å². The molecule has 5 rings (SSSR count). The number of aromatic nitrogens is 5. The predicted molar refractivity (Wildman–Crippen MR) is 120 cm³/mol. The van der Waals surface area contributed by atoms with Crippen LogP contribution < -0.4 is 10.3 Å². The van der Waals surface area contributed by atoms with Crippen LogP contribution in [0.25, 0.3) is 16.9 Å². The van der Waals surface area contributed by atoms with Gasteiger partial charge in [-0.15, -0.1) is 0 Å². The zero-order valence-corrected chi connectivity index (χ0v) is 17.1. The Hall–Kier alpha value is -3.85. The number of benzene rings is 1. The molecule has 9 heteroatoms. The first-order valence-corrected chi connectivity index (χ1v) is 10.1. The molecule has 156 valence electrons. The van der Waals surface area contributed by atoms with Crippen molar-refractivity contribution >= 4 is 29.1 Å². The minimum Gasteiger partial charge on any atom is -0.378 e. The molecule has 3 aromatic heterocycles. The number of anilines is 2. The van der Waals surface area contributed by atoms with E-state index in [-0.39, 0.29) is 0 Å². The van der Waals surface area contributed by atoms with Gasteiger partial charge in [0, 0.05) is 19.3 Å². The summed E-state index contributed by atoms with van der Waals surface area (Å²) in [5.74, 6) is 1.17. The normalized spacial score (nSPS) is 14.4. The average molecular weight is 414 g/mol. The van der Waals surface area contributed by atoms with Crippen LogP contribution in [0.4, 0.5) is 11.8 Å². The summed E-state index contributed by atoms with van der Waals surface area (Å²) in [6.07, 6.45) is 7.02. The number of morpholine rings is 1. The third kappa shape index (κ3) is 4.08. The Morgan fingerprint density at radius 1 is 1.13 bits per heavy atom. The Labute approximate surface area is 179 Å². The van der Waals surface area contributed by atoms with E-state index in [0.29, 0.717) is 36.1 Å². The standard InChI is InChI=1S/C22H22N8O/c1-16-4-2-5-17(12-16)13-25-28-20-19-21(27-22(26-20)29-8-10-31-11-9-29)30(15-24-19)18-6-3-7-23-14-18/h2-7,12-15H,8-11H2,1H3,(H,26,27,28)/b25-13+. The fraction of sp³-hybridized carbons (Fsp3) is 0.227. The molecule has 9 nitrogen and oxygen atoms in total. The van der Waals surface area contributed by atoms with Crippen LogP contribution in [0.15, 0.2) is 60.2 Å². The van der Waals surface area contributed by atoms with E-state index < -0.39 is 0 Å². The summed E-state index contributed by atoms with van der Waals surface area (Å²) < 4.78 is 7.38. The van der Waals surface area contributed by atoms with Gasteiger partial charge >= 0.3 is 0 Å². The van der Waals surface area contributed by atoms with E-state index in [2.05, 4.69) is 44.5 Å². The predicted octanol–water partition coefficient (Wildman–Crippen LogP) is 2.80. The van der Waals surface area contributed by atoms with Crippen molar-refractivity contribution < 1.29 is 4.74 Å². The number of rotatable bonds is 5. The van der Waals surface area contributed by atoms with Crippen molar-refractivity contribution in [2.75, 3.05) is 36.6 Å². The summed E-state index contributed by atoms with van der Waals surface area (Å²) in [6, 6.07) is 12.0. The van der Waals surface area contributed by atoms with Gasteiger partial charge in [-0.3, -0.25) is 15.0 Å². The molecule has 0 saturated carbocycles. The molecule has 1 fully saturated rings. The molecule has 1 N–H and O–H groups in total. The number of hydrogen-bond donors (Lipinski definition) is 1. The van der Waals surface area contributed by atoms with E-state index in [1.807, 2.05) is 28.8 Å². The summed E-state index contributed by atoms with van der Waals surface area (Å²) in [6.45, 7) is 4.82. The molecular formula is C22H22N8O. The molecule has 1 aliphatic rings. The van der Waals surface area contributed by atoms with Gasteiger partial charge in [-0.05, 0) is 24.6 Å². The molecule has 1 aliphatic heterocycles. The smallest absolute Gasteiger partial charge is 0.229 e. The molecule has 4 heterocycles.